The quantitative estimate of drug-likeness (QED) is 0.430. The molecule has 0 unspecified atom stereocenters. The number of carbonyl (C=O) groups excluding carboxylic acids is 1. The van der Waals surface area contributed by atoms with Crippen molar-refractivity contribution < 1.29 is 9.53 Å². The Morgan fingerprint density at radius 2 is 1.80 bits per heavy atom. The van der Waals surface area contributed by atoms with E-state index in [2.05, 4.69) is 35.8 Å². The van der Waals surface area contributed by atoms with Gasteiger partial charge in [0.15, 0.2) is 5.11 Å². The fourth-order valence-electron chi connectivity index (χ4n) is 2.24. The number of hydrogen-bond acceptors (Lipinski definition) is 3. The monoisotopic (exact) mass is 356 g/mol. The minimum Gasteiger partial charge on any atom is -0.462 e. The van der Waals surface area contributed by atoms with Gasteiger partial charge < -0.3 is 15.4 Å². The van der Waals surface area contributed by atoms with Gasteiger partial charge in [-0.2, -0.15) is 0 Å². The van der Waals surface area contributed by atoms with Crippen LogP contribution in [0.25, 0.3) is 0 Å². The van der Waals surface area contributed by atoms with Gasteiger partial charge in [0.1, 0.15) is 0 Å². The lowest BCUT2D eigenvalue weighted by molar-refractivity contribution is 0.0500. The number of benzene rings is 2. The highest BCUT2D eigenvalue weighted by atomic mass is 32.1. The number of unbranched alkanes of at least 4 members (excludes halogenated alkanes) is 1. The number of hydrogen-bond donors (Lipinski definition) is 2. The predicted molar refractivity (Wildman–Crippen MR) is 107 cm³/mol. The van der Waals surface area contributed by atoms with Crippen molar-refractivity contribution in [2.45, 2.75) is 33.6 Å². The normalized spacial score (nSPS) is 10.2. The summed E-state index contributed by atoms with van der Waals surface area (Å²) < 4.78 is 5.20. The highest BCUT2D eigenvalue weighted by Crippen LogP contribution is 2.17. The van der Waals surface area contributed by atoms with Gasteiger partial charge in [-0.15, -0.1) is 0 Å². The lowest BCUT2D eigenvalue weighted by Gasteiger charge is -2.13. The van der Waals surface area contributed by atoms with Crippen molar-refractivity contribution >= 4 is 34.7 Å². The Kier molecular flexibility index (Phi) is 6.95. The molecule has 2 N–H and O–H groups in total. The molecule has 0 saturated heterocycles. The second kappa shape index (κ2) is 9.18. The number of nitrogens with one attached hydrogen (secondary N) is 2. The zero-order valence-electron chi connectivity index (χ0n) is 14.9. The first-order valence-corrected chi connectivity index (χ1v) is 8.83. The van der Waals surface area contributed by atoms with Gasteiger partial charge in [0.25, 0.3) is 0 Å². The van der Waals surface area contributed by atoms with Gasteiger partial charge >= 0.3 is 5.97 Å². The van der Waals surface area contributed by atoms with Crippen LogP contribution in [0.2, 0.25) is 0 Å². The third-order valence-corrected chi connectivity index (χ3v) is 3.95. The number of anilines is 2. The second-order valence-electron chi connectivity index (χ2n) is 5.96. The van der Waals surface area contributed by atoms with Crippen LogP contribution in [-0.2, 0) is 4.74 Å². The number of carbonyl (C=O) groups is 1. The summed E-state index contributed by atoms with van der Waals surface area (Å²) in [6.45, 7) is 6.59. The molecule has 2 aromatic rings. The van der Waals surface area contributed by atoms with E-state index in [0.29, 0.717) is 17.3 Å². The van der Waals surface area contributed by atoms with Crippen LogP contribution in [0.5, 0.6) is 0 Å². The number of thiocarbonyl (C=S) groups is 1. The third kappa shape index (κ3) is 5.87. The van der Waals surface area contributed by atoms with Crippen molar-refractivity contribution in [1.82, 2.24) is 0 Å². The van der Waals surface area contributed by atoms with Crippen molar-refractivity contribution in [2.75, 3.05) is 17.2 Å². The topological polar surface area (TPSA) is 50.4 Å². The van der Waals surface area contributed by atoms with Crippen LogP contribution >= 0.6 is 12.2 Å². The number of ether oxygens (including phenoxy) is 1. The molecular weight excluding hydrogens is 332 g/mol. The summed E-state index contributed by atoms with van der Waals surface area (Å²) in [6, 6.07) is 13.3. The maximum absolute atomic E-state index is 11.9. The molecule has 0 heterocycles. The van der Waals surface area contributed by atoms with Gasteiger partial charge in [0, 0.05) is 11.4 Å². The van der Waals surface area contributed by atoms with E-state index in [4.69, 9.17) is 17.0 Å². The third-order valence-electron chi connectivity index (χ3n) is 3.75. The molecule has 0 aliphatic rings. The van der Waals surface area contributed by atoms with Crippen LogP contribution in [0.3, 0.4) is 0 Å². The molecule has 0 fully saturated rings. The highest BCUT2D eigenvalue weighted by molar-refractivity contribution is 7.80. The van der Waals surface area contributed by atoms with E-state index in [1.54, 1.807) is 12.1 Å². The molecule has 2 aromatic carbocycles. The lowest BCUT2D eigenvalue weighted by atomic mass is 10.1. The van der Waals surface area contributed by atoms with E-state index < -0.39 is 0 Å². The van der Waals surface area contributed by atoms with Gasteiger partial charge in [-0.25, -0.2) is 4.79 Å². The maximum atomic E-state index is 11.9. The van der Waals surface area contributed by atoms with E-state index in [-0.39, 0.29) is 5.97 Å². The molecule has 2 rings (SSSR count). The van der Waals surface area contributed by atoms with Crippen LogP contribution < -0.4 is 10.6 Å². The van der Waals surface area contributed by atoms with Crippen LogP contribution in [0, 0.1) is 13.8 Å². The van der Waals surface area contributed by atoms with Gasteiger partial charge in [0.2, 0.25) is 0 Å². The number of rotatable bonds is 6. The van der Waals surface area contributed by atoms with E-state index in [0.717, 1.165) is 29.8 Å². The van der Waals surface area contributed by atoms with E-state index >= 15 is 0 Å². The Bertz CT molecular complexity index is 742. The van der Waals surface area contributed by atoms with Crippen LogP contribution in [-0.4, -0.2) is 17.7 Å². The molecule has 0 radical (unpaired) electrons. The molecule has 4 nitrogen and oxygen atoms in total. The average molecular weight is 356 g/mol. The molecule has 132 valence electrons. The van der Waals surface area contributed by atoms with Crippen molar-refractivity contribution in [3.63, 3.8) is 0 Å². The molecule has 5 heteroatoms. The summed E-state index contributed by atoms with van der Waals surface area (Å²) in [5.41, 5.74) is 4.62. The predicted octanol–water partition coefficient (Wildman–Crippen LogP) is 5.07. The highest BCUT2D eigenvalue weighted by Gasteiger charge is 2.07. The summed E-state index contributed by atoms with van der Waals surface area (Å²) >= 11 is 5.36. The van der Waals surface area contributed by atoms with Crippen LogP contribution in [0.1, 0.15) is 41.3 Å². The second-order valence-corrected chi connectivity index (χ2v) is 6.37. The SMILES string of the molecule is CCCCOC(=O)c1ccc(NC(=S)Nc2cc(C)ccc2C)cc1. The number of esters is 1. The first kappa shape index (κ1) is 18.9. The zero-order valence-corrected chi connectivity index (χ0v) is 15.7. The van der Waals surface area contributed by atoms with E-state index in [9.17, 15) is 4.79 Å². The Morgan fingerprint density at radius 3 is 2.48 bits per heavy atom. The first-order chi connectivity index (χ1) is 12.0. The summed E-state index contributed by atoms with van der Waals surface area (Å²) in [4.78, 5) is 11.9. The van der Waals surface area contributed by atoms with E-state index in [1.165, 1.54) is 5.56 Å². The van der Waals surface area contributed by atoms with Gasteiger partial charge in [-0.3, -0.25) is 0 Å². The molecule has 0 aliphatic heterocycles. The minimum atomic E-state index is -0.295. The molecule has 0 saturated carbocycles. The number of aryl methyl sites for hydroxylation is 2. The average Bonchev–Trinajstić information content (AvgIpc) is 2.59. The molecule has 0 spiro atoms. The Hall–Kier alpha value is -2.40. The van der Waals surface area contributed by atoms with Gasteiger partial charge in [0.05, 0.1) is 12.2 Å². The molecule has 0 atom stereocenters. The fraction of sp³-hybridized carbons (Fsp3) is 0.300. The summed E-state index contributed by atoms with van der Waals surface area (Å²) in [6.07, 6.45) is 1.88. The largest absolute Gasteiger partial charge is 0.462 e. The Balaban J connectivity index is 1.93. The van der Waals surface area contributed by atoms with E-state index in [1.807, 2.05) is 26.0 Å². The molecule has 0 amide bonds. The summed E-state index contributed by atoms with van der Waals surface area (Å²) in [5.74, 6) is -0.295. The maximum Gasteiger partial charge on any atom is 0.338 e. The standard InChI is InChI=1S/C20H24N2O2S/c1-4-5-12-24-19(23)16-8-10-17(11-9-16)21-20(25)22-18-13-14(2)6-7-15(18)3/h6-11,13H,4-5,12H2,1-3H3,(H2,21,22,25). The Labute approximate surface area is 154 Å². The van der Waals surface area contributed by atoms with Crippen molar-refractivity contribution in [1.29, 1.82) is 0 Å². The smallest absolute Gasteiger partial charge is 0.338 e. The molecule has 0 aromatic heterocycles. The summed E-state index contributed by atoms with van der Waals surface area (Å²) in [7, 11) is 0. The molecule has 25 heavy (non-hydrogen) atoms. The molecular formula is C20H24N2O2S. The van der Waals surface area contributed by atoms with Crippen LogP contribution in [0.15, 0.2) is 42.5 Å². The first-order valence-electron chi connectivity index (χ1n) is 8.42. The Morgan fingerprint density at radius 1 is 1.08 bits per heavy atom. The lowest BCUT2D eigenvalue weighted by Crippen LogP contribution is -2.19. The summed E-state index contributed by atoms with van der Waals surface area (Å²) in [5, 5.41) is 6.83. The van der Waals surface area contributed by atoms with Gasteiger partial charge in [-0.05, 0) is 73.9 Å². The van der Waals surface area contributed by atoms with Crippen molar-refractivity contribution in [3.8, 4) is 0 Å². The minimum absolute atomic E-state index is 0.295. The zero-order chi connectivity index (χ0) is 18.2. The molecule has 0 bridgehead atoms. The van der Waals surface area contributed by atoms with Crippen molar-refractivity contribution in [2.24, 2.45) is 0 Å². The van der Waals surface area contributed by atoms with Gasteiger partial charge in [-0.1, -0.05) is 25.5 Å². The molecule has 0 aliphatic carbocycles. The fourth-order valence-corrected chi connectivity index (χ4v) is 2.47. The van der Waals surface area contributed by atoms with Crippen LogP contribution in [0.4, 0.5) is 11.4 Å². The van der Waals surface area contributed by atoms with Crippen molar-refractivity contribution in [3.05, 3.63) is 59.2 Å².